The van der Waals surface area contributed by atoms with E-state index in [4.69, 9.17) is 0 Å². The van der Waals surface area contributed by atoms with E-state index in [1.54, 1.807) is 24.3 Å². The van der Waals surface area contributed by atoms with Crippen LogP contribution < -0.4 is 0 Å². The number of aryl methyl sites for hydroxylation is 1. The Bertz CT molecular complexity index is 857. The van der Waals surface area contributed by atoms with Crippen molar-refractivity contribution < 1.29 is 14.7 Å². The minimum absolute atomic E-state index is 0.00253. The van der Waals surface area contributed by atoms with Gasteiger partial charge in [0.25, 0.3) is 0 Å². The molecule has 25 heavy (non-hydrogen) atoms. The highest BCUT2D eigenvalue weighted by atomic mass is 16.3. The van der Waals surface area contributed by atoms with Crippen LogP contribution in [0.25, 0.3) is 5.76 Å². The van der Waals surface area contributed by atoms with Gasteiger partial charge in [-0.1, -0.05) is 67.9 Å². The molecule has 0 fully saturated rings. The summed E-state index contributed by atoms with van der Waals surface area (Å²) in [5.41, 5.74) is 3.37. The molecule has 0 bridgehead atoms. The molecule has 0 spiro atoms. The van der Waals surface area contributed by atoms with Gasteiger partial charge in [-0.3, -0.25) is 9.59 Å². The molecule has 0 radical (unpaired) electrons. The van der Waals surface area contributed by atoms with Crippen LogP contribution in [0.3, 0.4) is 0 Å². The maximum absolute atomic E-state index is 12.9. The van der Waals surface area contributed by atoms with Crippen LogP contribution in [0, 0.1) is 12.8 Å². The molecule has 0 aromatic heterocycles. The van der Waals surface area contributed by atoms with E-state index in [1.807, 2.05) is 45.0 Å². The number of rotatable bonds is 5. The van der Waals surface area contributed by atoms with Crippen molar-refractivity contribution in [3.05, 3.63) is 76.4 Å². The van der Waals surface area contributed by atoms with Gasteiger partial charge in [0.15, 0.2) is 5.78 Å². The third-order valence-corrected chi connectivity index (χ3v) is 4.80. The summed E-state index contributed by atoms with van der Waals surface area (Å²) in [6.45, 7) is 5.70. The summed E-state index contributed by atoms with van der Waals surface area (Å²) in [6, 6.07) is 14.8. The first-order chi connectivity index (χ1) is 11.9. The van der Waals surface area contributed by atoms with Crippen LogP contribution in [0.5, 0.6) is 0 Å². The zero-order chi connectivity index (χ0) is 18.1. The molecule has 128 valence electrons. The third kappa shape index (κ3) is 3.14. The van der Waals surface area contributed by atoms with Crippen LogP contribution >= 0.6 is 0 Å². The summed E-state index contributed by atoms with van der Waals surface area (Å²) >= 11 is 0. The van der Waals surface area contributed by atoms with Crippen molar-refractivity contribution in [1.29, 1.82) is 0 Å². The highest BCUT2D eigenvalue weighted by molar-refractivity contribution is 6.20. The highest BCUT2D eigenvalue weighted by Gasteiger charge is 2.36. The number of benzene rings is 2. The molecular weight excluding hydrogens is 312 g/mol. The van der Waals surface area contributed by atoms with Gasteiger partial charge >= 0.3 is 0 Å². The van der Waals surface area contributed by atoms with Gasteiger partial charge in [0.1, 0.15) is 11.5 Å². The molecule has 3 nitrogen and oxygen atoms in total. The summed E-state index contributed by atoms with van der Waals surface area (Å²) in [5, 5.41) is 10.7. The molecule has 1 N–H and O–H groups in total. The van der Waals surface area contributed by atoms with Crippen molar-refractivity contribution in [1.82, 2.24) is 0 Å². The molecule has 1 aliphatic carbocycles. The van der Waals surface area contributed by atoms with E-state index < -0.39 is 5.92 Å². The Morgan fingerprint density at radius 2 is 1.60 bits per heavy atom. The number of fused-ring (bicyclic) bond motifs is 1. The fourth-order valence-electron chi connectivity index (χ4n) is 3.23. The Labute approximate surface area is 148 Å². The fraction of sp³-hybridized carbons (Fsp3) is 0.273. The fourth-order valence-corrected chi connectivity index (χ4v) is 3.23. The van der Waals surface area contributed by atoms with Crippen molar-refractivity contribution >= 4 is 17.3 Å². The molecule has 2 aromatic rings. The topological polar surface area (TPSA) is 54.4 Å². The van der Waals surface area contributed by atoms with E-state index in [0.717, 1.165) is 11.1 Å². The van der Waals surface area contributed by atoms with E-state index in [9.17, 15) is 14.7 Å². The Hall–Kier alpha value is -2.68. The van der Waals surface area contributed by atoms with Gasteiger partial charge in [-0.15, -0.1) is 0 Å². The number of Topliss-reactive ketones (excluding diaryl/α,β-unsaturated/α-hetero) is 2. The van der Waals surface area contributed by atoms with E-state index in [1.165, 1.54) is 0 Å². The quantitative estimate of drug-likeness (QED) is 0.849. The number of aliphatic hydroxyl groups is 1. The minimum atomic E-state index is -0.435. The lowest BCUT2D eigenvalue weighted by Gasteiger charge is -2.19. The summed E-state index contributed by atoms with van der Waals surface area (Å²) in [6.07, 6.45) is 0.208. The average molecular weight is 334 g/mol. The van der Waals surface area contributed by atoms with Crippen LogP contribution in [0.2, 0.25) is 0 Å². The Morgan fingerprint density at radius 3 is 2.16 bits per heavy atom. The Kier molecular flexibility index (Phi) is 4.58. The van der Waals surface area contributed by atoms with Crippen LogP contribution in [0.1, 0.15) is 53.2 Å². The lowest BCUT2D eigenvalue weighted by atomic mass is 9.83. The summed E-state index contributed by atoms with van der Waals surface area (Å²) in [5.74, 6) is -0.655. The van der Waals surface area contributed by atoms with Gasteiger partial charge < -0.3 is 5.11 Å². The first kappa shape index (κ1) is 17.2. The molecule has 0 unspecified atom stereocenters. The van der Waals surface area contributed by atoms with Crippen molar-refractivity contribution in [2.45, 2.75) is 33.1 Å². The number of carbonyl (C=O) groups is 2. The lowest BCUT2D eigenvalue weighted by molar-refractivity contribution is -0.122. The van der Waals surface area contributed by atoms with E-state index in [2.05, 4.69) is 0 Å². The number of allylic oxidation sites excluding steroid dienone is 1. The molecule has 3 heteroatoms. The summed E-state index contributed by atoms with van der Waals surface area (Å²) in [7, 11) is 0. The number of aliphatic hydroxyl groups excluding tert-OH is 1. The first-order valence-corrected chi connectivity index (χ1v) is 8.56. The second-order valence-electron chi connectivity index (χ2n) is 6.93. The Balaban J connectivity index is 2.09. The molecule has 1 atom stereocenters. The SMILES string of the molecule is Cc1ccc([C@@H](CC(=O)C(C)C)C2=C(O)c3ccccc3C2=O)cc1. The summed E-state index contributed by atoms with van der Waals surface area (Å²) in [4.78, 5) is 25.3. The van der Waals surface area contributed by atoms with Gasteiger partial charge in [-0.05, 0) is 12.5 Å². The van der Waals surface area contributed by atoms with Gasteiger partial charge in [0.2, 0.25) is 0 Å². The van der Waals surface area contributed by atoms with Crippen molar-refractivity contribution in [2.75, 3.05) is 0 Å². The molecule has 0 aliphatic heterocycles. The monoisotopic (exact) mass is 334 g/mol. The van der Waals surface area contributed by atoms with E-state index in [0.29, 0.717) is 16.7 Å². The Morgan fingerprint density at radius 1 is 1.00 bits per heavy atom. The van der Waals surface area contributed by atoms with Gasteiger partial charge in [0, 0.05) is 29.4 Å². The smallest absolute Gasteiger partial charge is 0.194 e. The predicted molar refractivity (Wildman–Crippen MR) is 98.7 cm³/mol. The number of hydrogen-bond acceptors (Lipinski definition) is 3. The van der Waals surface area contributed by atoms with Crippen molar-refractivity contribution in [3.63, 3.8) is 0 Å². The third-order valence-electron chi connectivity index (χ3n) is 4.80. The van der Waals surface area contributed by atoms with Crippen molar-refractivity contribution in [3.8, 4) is 0 Å². The second-order valence-corrected chi connectivity index (χ2v) is 6.93. The zero-order valence-corrected chi connectivity index (χ0v) is 14.7. The molecule has 0 saturated carbocycles. The zero-order valence-electron chi connectivity index (χ0n) is 14.7. The largest absolute Gasteiger partial charge is 0.507 e. The molecule has 0 heterocycles. The normalized spacial score (nSPS) is 14.8. The van der Waals surface area contributed by atoms with Crippen LogP contribution in [0.15, 0.2) is 54.1 Å². The predicted octanol–water partition coefficient (Wildman–Crippen LogP) is 4.86. The van der Waals surface area contributed by atoms with Gasteiger partial charge in [-0.2, -0.15) is 0 Å². The first-order valence-electron chi connectivity index (χ1n) is 8.56. The van der Waals surface area contributed by atoms with Crippen LogP contribution in [-0.4, -0.2) is 16.7 Å². The van der Waals surface area contributed by atoms with Crippen LogP contribution in [-0.2, 0) is 4.79 Å². The number of hydrogen-bond donors (Lipinski definition) is 1. The second kappa shape index (κ2) is 6.67. The molecule has 2 aromatic carbocycles. The summed E-state index contributed by atoms with van der Waals surface area (Å²) < 4.78 is 0. The molecule has 1 aliphatic rings. The number of carbonyl (C=O) groups excluding carboxylic acids is 2. The van der Waals surface area contributed by atoms with Crippen molar-refractivity contribution in [2.24, 2.45) is 5.92 Å². The van der Waals surface area contributed by atoms with E-state index >= 15 is 0 Å². The van der Waals surface area contributed by atoms with Gasteiger partial charge in [-0.25, -0.2) is 0 Å². The lowest BCUT2D eigenvalue weighted by Crippen LogP contribution is -2.17. The van der Waals surface area contributed by atoms with Crippen LogP contribution in [0.4, 0.5) is 0 Å². The van der Waals surface area contributed by atoms with E-state index in [-0.39, 0.29) is 29.7 Å². The molecule has 0 amide bonds. The average Bonchev–Trinajstić information content (AvgIpc) is 2.85. The standard InChI is InChI=1S/C22H22O3/c1-13(2)19(23)12-18(15-10-8-14(3)9-11-15)20-21(24)16-6-4-5-7-17(16)22(20)25/h4-11,13,18,24H,12H2,1-3H3/t18-/m1/s1. The molecular formula is C22H22O3. The highest BCUT2D eigenvalue weighted by Crippen LogP contribution is 2.41. The molecule has 0 saturated heterocycles. The minimum Gasteiger partial charge on any atom is -0.507 e. The molecule has 3 rings (SSSR count). The van der Waals surface area contributed by atoms with Gasteiger partial charge in [0.05, 0.1) is 5.57 Å². The maximum atomic E-state index is 12.9. The maximum Gasteiger partial charge on any atom is 0.194 e. The number of ketones is 2.